The second-order valence-electron chi connectivity index (χ2n) is 11.8. The monoisotopic (exact) mass is 476 g/mol. The van der Waals surface area contributed by atoms with Crippen LogP contribution in [-0.2, 0) is 16.7 Å². The smallest absolute Gasteiger partial charge is 0.253 e. The molecule has 2 aliphatic rings. The predicted octanol–water partition coefficient (Wildman–Crippen LogP) is 7.28. The third kappa shape index (κ3) is 6.09. The lowest BCUT2D eigenvalue weighted by Gasteiger charge is -2.25. The summed E-state index contributed by atoms with van der Waals surface area (Å²) in [5.41, 5.74) is 7.77. The van der Waals surface area contributed by atoms with Crippen molar-refractivity contribution < 1.29 is 9.53 Å². The average molecular weight is 477 g/mol. The van der Waals surface area contributed by atoms with Crippen LogP contribution in [0.5, 0.6) is 0 Å². The van der Waals surface area contributed by atoms with Crippen molar-refractivity contribution in [3.05, 3.63) is 53.2 Å². The molecule has 1 aromatic carbocycles. The molecule has 2 heterocycles. The summed E-state index contributed by atoms with van der Waals surface area (Å²) in [6.45, 7) is 17.6. The zero-order valence-electron chi connectivity index (χ0n) is 22.5. The Labute approximate surface area is 212 Å². The SMILES string of the molecule is C=C(C)c1cc(-c2cc(C(=O)NC3CCOCC3)c(C)n2CC2CCCCC2)cc(C(C)(C)C)c1. The topological polar surface area (TPSA) is 43.3 Å². The lowest BCUT2D eigenvalue weighted by molar-refractivity contribution is 0.0696. The molecule has 35 heavy (non-hydrogen) atoms. The van der Waals surface area contributed by atoms with Crippen molar-refractivity contribution in [2.75, 3.05) is 13.2 Å². The van der Waals surface area contributed by atoms with Gasteiger partial charge >= 0.3 is 0 Å². The molecule has 1 aliphatic heterocycles. The molecule has 190 valence electrons. The number of hydrogen-bond acceptors (Lipinski definition) is 2. The minimum atomic E-state index is 0.0271. The molecule has 0 atom stereocenters. The van der Waals surface area contributed by atoms with Crippen molar-refractivity contribution in [3.8, 4) is 11.3 Å². The highest BCUT2D eigenvalue weighted by molar-refractivity contribution is 5.97. The summed E-state index contributed by atoms with van der Waals surface area (Å²) in [4.78, 5) is 13.4. The van der Waals surface area contributed by atoms with Crippen LogP contribution < -0.4 is 5.32 Å². The Kier molecular flexibility index (Phi) is 7.90. The van der Waals surface area contributed by atoms with Gasteiger partial charge in [-0.05, 0) is 85.8 Å². The van der Waals surface area contributed by atoms with Gasteiger partial charge in [0.1, 0.15) is 0 Å². The summed E-state index contributed by atoms with van der Waals surface area (Å²) >= 11 is 0. The number of ether oxygens (including phenoxy) is 1. The lowest BCUT2D eigenvalue weighted by Crippen LogP contribution is -2.39. The first-order chi connectivity index (χ1) is 16.6. The van der Waals surface area contributed by atoms with E-state index in [0.717, 1.165) is 55.1 Å². The predicted molar refractivity (Wildman–Crippen MR) is 146 cm³/mol. The molecular formula is C31H44N2O2. The third-order valence-corrected chi connectivity index (χ3v) is 7.92. The number of carbonyl (C=O) groups excluding carboxylic acids is 1. The molecule has 1 amide bonds. The summed E-state index contributed by atoms with van der Waals surface area (Å²) in [5, 5.41) is 3.29. The highest BCUT2D eigenvalue weighted by Crippen LogP contribution is 2.35. The Morgan fingerprint density at radius 2 is 1.74 bits per heavy atom. The fourth-order valence-corrected chi connectivity index (χ4v) is 5.54. The number of hydrogen-bond donors (Lipinski definition) is 1. The second kappa shape index (κ2) is 10.7. The number of benzene rings is 1. The van der Waals surface area contributed by atoms with Gasteiger partial charge < -0.3 is 14.6 Å². The van der Waals surface area contributed by atoms with Crippen molar-refractivity contribution in [1.82, 2.24) is 9.88 Å². The van der Waals surface area contributed by atoms with E-state index >= 15 is 0 Å². The highest BCUT2D eigenvalue weighted by Gasteiger charge is 2.25. The zero-order valence-corrected chi connectivity index (χ0v) is 22.5. The molecule has 1 aliphatic carbocycles. The first kappa shape index (κ1) is 25.8. The molecule has 1 saturated heterocycles. The molecule has 0 bridgehead atoms. The molecular weight excluding hydrogens is 432 g/mol. The molecule has 4 heteroatoms. The summed E-state index contributed by atoms with van der Waals surface area (Å²) < 4.78 is 7.91. The molecule has 4 rings (SSSR count). The third-order valence-electron chi connectivity index (χ3n) is 7.92. The Bertz CT molecular complexity index is 1060. The molecule has 1 N–H and O–H groups in total. The van der Waals surface area contributed by atoms with Crippen LogP contribution in [0.1, 0.15) is 99.8 Å². The van der Waals surface area contributed by atoms with Gasteiger partial charge in [-0.1, -0.05) is 58.3 Å². The zero-order chi connectivity index (χ0) is 25.2. The van der Waals surface area contributed by atoms with Gasteiger partial charge in [0.15, 0.2) is 0 Å². The number of aromatic nitrogens is 1. The molecule has 0 radical (unpaired) electrons. The maximum atomic E-state index is 13.4. The minimum Gasteiger partial charge on any atom is -0.381 e. The van der Waals surface area contributed by atoms with Gasteiger partial charge in [0, 0.05) is 37.2 Å². The fourth-order valence-electron chi connectivity index (χ4n) is 5.54. The van der Waals surface area contributed by atoms with Gasteiger partial charge in [0.25, 0.3) is 5.91 Å². The van der Waals surface area contributed by atoms with Crippen LogP contribution in [0, 0.1) is 12.8 Å². The fraction of sp³-hybridized carbons (Fsp3) is 0.581. The van der Waals surface area contributed by atoms with Gasteiger partial charge in [0.2, 0.25) is 0 Å². The lowest BCUT2D eigenvalue weighted by atomic mass is 9.84. The van der Waals surface area contributed by atoms with Crippen molar-refractivity contribution >= 4 is 11.5 Å². The minimum absolute atomic E-state index is 0.0271. The van der Waals surface area contributed by atoms with Crippen LogP contribution in [0.2, 0.25) is 0 Å². The Morgan fingerprint density at radius 1 is 1.06 bits per heavy atom. The van der Waals surface area contributed by atoms with Crippen LogP contribution in [0.25, 0.3) is 16.8 Å². The van der Waals surface area contributed by atoms with Crippen LogP contribution in [0.15, 0.2) is 30.8 Å². The summed E-state index contributed by atoms with van der Waals surface area (Å²) in [5.74, 6) is 0.719. The molecule has 4 nitrogen and oxygen atoms in total. The van der Waals surface area contributed by atoms with E-state index in [0.29, 0.717) is 5.92 Å². The quantitative estimate of drug-likeness (QED) is 0.476. The average Bonchev–Trinajstić information content (AvgIpc) is 3.15. The highest BCUT2D eigenvalue weighted by atomic mass is 16.5. The van der Waals surface area contributed by atoms with E-state index in [1.807, 2.05) is 0 Å². The van der Waals surface area contributed by atoms with Gasteiger partial charge in [-0.3, -0.25) is 4.79 Å². The normalized spacial score (nSPS) is 18.0. The molecule has 0 unspecified atom stereocenters. The van der Waals surface area contributed by atoms with Crippen molar-refractivity contribution in [2.45, 2.75) is 97.6 Å². The number of carbonyl (C=O) groups is 1. The van der Waals surface area contributed by atoms with Gasteiger partial charge in [-0.15, -0.1) is 0 Å². The number of rotatable bonds is 6. The Morgan fingerprint density at radius 3 is 2.37 bits per heavy atom. The molecule has 1 saturated carbocycles. The summed E-state index contributed by atoms with van der Waals surface area (Å²) in [6.07, 6.45) is 8.31. The van der Waals surface area contributed by atoms with Gasteiger partial charge in [0.05, 0.1) is 5.56 Å². The van der Waals surface area contributed by atoms with E-state index in [1.54, 1.807) is 0 Å². The number of allylic oxidation sites excluding steroid dienone is 1. The number of amides is 1. The van der Waals surface area contributed by atoms with Crippen molar-refractivity contribution in [1.29, 1.82) is 0 Å². The first-order valence-corrected chi connectivity index (χ1v) is 13.5. The van der Waals surface area contributed by atoms with E-state index in [2.05, 4.69) is 75.3 Å². The van der Waals surface area contributed by atoms with E-state index in [-0.39, 0.29) is 17.4 Å². The van der Waals surface area contributed by atoms with E-state index < -0.39 is 0 Å². The van der Waals surface area contributed by atoms with E-state index in [9.17, 15) is 4.79 Å². The number of nitrogens with zero attached hydrogens (tertiary/aromatic N) is 1. The number of nitrogens with one attached hydrogen (secondary N) is 1. The summed E-state index contributed by atoms with van der Waals surface area (Å²) in [6, 6.07) is 9.17. The van der Waals surface area contributed by atoms with Crippen LogP contribution in [0.4, 0.5) is 0 Å². The maximum Gasteiger partial charge on any atom is 0.253 e. The molecule has 2 aromatic rings. The molecule has 2 fully saturated rings. The van der Waals surface area contributed by atoms with Crippen LogP contribution in [0.3, 0.4) is 0 Å². The standard InChI is InChI=1S/C31H44N2O2/c1-21(2)24-16-25(18-26(17-24)31(4,5)6)29-19-28(30(34)32-27-12-14-35-15-13-27)22(3)33(29)20-23-10-8-7-9-11-23/h16-19,23,27H,1,7-15,20H2,2-6H3,(H,32,34). The Hall–Kier alpha value is -2.33. The maximum absolute atomic E-state index is 13.4. The van der Waals surface area contributed by atoms with E-state index in [1.165, 1.54) is 48.8 Å². The van der Waals surface area contributed by atoms with Crippen LogP contribution >= 0.6 is 0 Å². The van der Waals surface area contributed by atoms with Crippen LogP contribution in [-0.4, -0.2) is 29.7 Å². The summed E-state index contributed by atoms with van der Waals surface area (Å²) in [7, 11) is 0. The largest absolute Gasteiger partial charge is 0.381 e. The molecule has 0 spiro atoms. The first-order valence-electron chi connectivity index (χ1n) is 13.5. The second-order valence-corrected chi connectivity index (χ2v) is 11.8. The Balaban J connectivity index is 1.77. The van der Waals surface area contributed by atoms with Gasteiger partial charge in [-0.25, -0.2) is 0 Å². The van der Waals surface area contributed by atoms with E-state index in [4.69, 9.17) is 4.74 Å². The van der Waals surface area contributed by atoms with Crippen molar-refractivity contribution in [3.63, 3.8) is 0 Å². The van der Waals surface area contributed by atoms with Gasteiger partial charge in [-0.2, -0.15) is 0 Å². The molecule has 1 aromatic heterocycles. The van der Waals surface area contributed by atoms with Crippen molar-refractivity contribution in [2.24, 2.45) is 5.92 Å².